The molecule has 0 unspecified atom stereocenters. The molecule has 0 fully saturated rings. The van der Waals surface area contributed by atoms with Gasteiger partial charge in [0.2, 0.25) is 0 Å². The van der Waals surface area contributed by atoms with Crippen molar-refractivity contribution >= 4 is 11.8 Å². The van der Waals surface area contributed by atoms with E-state index in [-0.39, 0.29) is 28.8 Å². The fourth-order valence-electron chi connectivity index (χ4n) is 2.86. The molecule has 0 spiro atoms. The van der Waals surface area contributed by atoms with E-state index in [9.17, 15) is 9.59 Å². The van der Waals surface area contributed by atoms with Crippen LogP contribution >= 0.6 is 0 Å². The number of benzene rings is 2. The minimum atomic E-state index is -0.260. The van der Waals surface area contributed by atoms with Gasteiger partial charge in [-0.15, -0.1) is 0 Å². The largest absolute Gasteiger partial charge is 0.347 e. The quantitative estimate of drug-likeness (QED) is 0.793. The van der Waals surface area contributed by atoms with Crippen LogP contribution in [-0.2, 0) is 0 Å². The molecule has 0 aliphatic rings. The number of nitrogens with one attached hydrogen (secondary N) is 2. The molecule has 0 saturated carbocycles. The van der Waals surface area contributed by atoms with E-state index in [1.807, 2.05) is 90.1 Å². The average molecular weight is 381 g/mol. The van der Waals surface area contributed by atoms with Crippen molar-refractivity contribution in [1.82, 2.24) is 10.6 Å². The van der Waals surface area contributed by atoms with Crippen LogP contribution in [0.5, 0.6) is 0 Å². The molecule has 0 heterocycles. The van der Waals surface area contributed by atoms with E-state index in [4.69, 9.17) is 0 Å². The third-order valence-corrected chi connectivity index (χ3v) is 4.32. The minimum absolute atomic E-state index is 0.0686. The first-order valence-electron chi connectivity index (χ1n) is 9.71. The first kappa shape index (κ1) is 21.7. The summed E-state index contributed by atoms with van der Waals surface area (Å²) in [6.07, 6.45) is 0. The standard InChI is InChI=1S/C24H32N2O2/c1-16(17-8-12-19(13-9-17)21(27)25-23(2,3)4)18-10-14-20(15-11-18)22(28)26-24(5,6)7/h8-16H,1-7H3,(H,25,27)(H,26,28). The molecule has 2 N–H and O–H groups in total. The summed E-state index contributed by atoms with van der Waals surface area (Å²) in [5.74, 6) is 0.0290. The Hall–Kier alpha value is -2.62. The summed E-state index contributed by atoms with van der Waals surface area (Å²) in [5, 5.41) is 5.94. The van der Waals surface area contributed by atoms with E-state index in [1.54, 1.807) is 0 Å². The van der Waals surface area contributed by atoms with Crippen LogP contribution in [0.4, 0.5) is 0 Å². The fourth-order valence-corrected chi connectivity index (χ4v) is 2.86. The van der Waals surface area contributed by atoms with Gasteiger partial charge >= 0.3 is 0 Å². The van der Waals surface area contributed by atoms with Gasteiger partial charge in [-0.3, -0.25) is 9.59 Å². The van der Waals surface area contributed by atoms with Crippen LogP contribution < -0.4 is 10.6 Å². The SMILES string of the molecule is CC(c1ccc(C(=O)NC(C)(C)C)cc1)c1ccc(C(=O)NC(C)(C)C)cc1. The predicted octanol–water partition coefficient (Wildman–Crippen LogP) is 4.90. The number of hydrogen-bond donors (Lipinski definition) is 2. The van der Waals surface area contributed by atoms with Crippen LogP contribution in [0.1, 0.15) is 86.2 Å². The highest BCUT2D eigenvalue weighted by Crippen LogP contribution is 2.25. The zero-order valence-electron chi connectivity index (χ0n) is 18.0. The Morgan fingerprint density at radius 2 is 0.929 bits per heavy atom. The molecule has 2 aromatic carbocycles. The molecular weight excluding hydrogens is 348 g/mol. The summed E-state index contributed by atoms with van der Waals surface area (Å²) in [5.41, 5.74) is 3.03. The highest BCUT2D eigenvalue weighted by Gasteiger charge is 2.17. The summed E-state index contributed by atoms with van der Waals surface area (Å²) < 4.78 is 0. The Morgan fingerprint density at radius 3 is 1.18 bits per heavy atom. The molecule has 2 amide bonds. The second kappa shape index (κ2) is 8.17. The summed E-state index contributed by atoms with van der Waals surface area (Å²) in [6, 6.07) is 15.4. The monoisotopic (exact) mass is 380 g/mol. The highest BCUT2D eigenvalue weighted by molar-refractivity contribution is 5.95. The Labute approximate surface area is 168 Å². The van der Waals surface area contributed by atoms with E-state index in [2.05, 4.69) is 17.6 Å². The third kappa shape index (κ3) is 6.22. The molecule has 0 aliphatic carbocycles. The maximum absolute atomic E-state index is 12.3. The molecule has 2 rings (SSSR count). The molecule has 0 radical (unpaired) electrons. The van der Waals surface area contributed by atoms with Crippen molar-refractivity contribution in [1.29, 1.82) is 0 Å². The van der Waals surface area contributed by atoms with Crippen molar-refractivity contribution in [2.75, 3.05) is 0 Å². The van der Waals surface area contributed by atoms with E-state index >= 15 is 0 Å². The third-order valence-electron chi connectivity index (χ3n) is 4.32. The van der Waals surface area contributed by atoms with Gasteiger partial charge in [0.1, 0.15) is 0 Å². The van der Waals surface area contributed by atoms with Crippen LogP contribution in [0.25, 0.3) is 0 Å². The number of amides is 2. The van der Waals surface area contributed by atoms with Crippen LogP contribution in [0.3, 0.4) is 0 Å². The lowest BCUT2D eigenvalue weighted by molar-refractivity contribution is 0.0910. The molecule has 0 atom stereocenters. The van der Waals surface area contributed by atoms with Crippen molar-refractivity contribution < 1.29 is 9.59 Å². The van der Waals surface area contributed by atoms with Crippen molar-refractivity contribution in [3.8, 4) is 0 Å². The lowest BCUT2D eigenvalue weighted by atomic mass is 9.91. The van der Waals surface area contributed by atoms with Gasteiger partial charge in [-0.25, -0.2) is 0 Å². The Morgan fingerprint density at radius 1 is 0.643 bits per heavy atom. The molecule has 28 heavy (non-hydrogen) atoms. The molecule has 0 aromatic heterocycles. The zero-order valence-corrected chi connectivity index (χ0v) is 18.0. The fraction of sp³-hybridized carbons (Fsp3) is 0.417. The molecule has 0 aliphatic heterocycles. The van der Waals surface area contributed by atoms with Gasteiger partial charge in [-0.1, -0.05) is 31.2 Å². The normalized spacial score (nSPS) is 12.0. The summed E-state index contributed by atoms with van der Waals surface area (Å²) in [7, 11) is 0. The van der Waals surface area contributed by atoms with E-state index < -0.39 is 0 Å². The zero-order chi connectivity index (χ0) is 21.1. The molecule has 0 saturated heterocycles. The van der Waals surface area contributed by atoms with Gasteiger partial charge in [0.15, 0.2) is 0 Å². The number of carbonyl (C=O) groups excluding carboxylic acids is 2. The summed E-state index contributed by atoms with van der Waals surface area (Å²) in [4.78, 5) is 24.5. The van der Waals surface area contributed by atoms with E-state index in [0.29, 0.717) is 11.1 Å². The van der Waals surface area contributed by atoms with Gasteiger partial charge in [-0.05, 0) is 76.9 Å². The van der Waals surface area contributed by atoms with Crippen molar-refractivity contribution in [2.24, 2.45) is 0 Å². The lowest BCUT2D eigenvalue weighted by Gasteiger charge is -2.21. The van der Waals surface area contributed by atoms with E-state index in [1.165, 1.54) is 0 Å². The molecule has 2 aromatic rings. The average Bonchev–Trinajstić information content (AvgIpc) is 2.58. The molecule has 150 valence electrons. The summed E-state index contributed by atoms with van der Waals surface area (Å²) in [6.45, 7) is 13.9. The van der Waals surface area contributed by atoms with Crippen molar-refractivity contribution in [2.45, 2.75) is 65.5 Å². The van der Waals surface area contributed by atoms with Crippen LogP contribution in [0.15, 0.2) is 48.5 Å². The number of hydrogen-bond acceptors (Lipinski definition) is 2. The molecule has 4 nitrogen and oxygen atoms in total. The smallest absolute Gasteiger partial charge is 0.251 e. The Bertz CT molecular complexity index is 751. The topological polar surface area (TPSA) is 58.2 Å². The van der Waals surface area contributed by atoms with Crippen LogP contribution in [0.2, 0.25) is 0 Å². The van der Waals surface area contributed by atoms with Crippen LogP contribution in [0, 0.1) is 0 Å². The second-order valence-corrected chi connectivity index (χ2v) is 9.37. The maximum Gasteiger partial charge on any atom is 0.251 e. The number of carbonyl (C=O) groups is 2. The van der Waals surface area contributed by atoms with Gasteiger partial charge in [-0.2, -0.15) is 0 Å². The lowest BCUT2D eigenvalue weighted by Crippen LogP contribution is -2.40. The first-order chi connectivity index (χ1) is 12.9. The number of rotatable bonds is 4. The summed E-state index contributed by atoms with van der Waals surface area (Å²) >= 11 is 0. The highest BCUT2D eigenvalue weighted by atomic mass is 16.2. The first-order valence-corrected chi connectivity index (χ1v) is 9.71. The van der Waals surface area contributed by atoms with Gasteiger partial charge < -0.3 is 10.6 Å². The van der Waals surface area contributed by atoms with Gasteiger partial charge in [0, 0.05) is 28.1 Å². The maximum atomic E-state index is 12.3. The predicted molar refractivity (Wildman–Crippen MR) is 115 cm³/mol. The second-order valence-electron chi connectivity index (χ2n) is 9.37. The van der Waals surface area contributed by atoms with Crippen LogP contribution in [-0.4, -0.2) is 22.9 Å². The van der Waals surface area contributed by atoms with Crippen molar-refractivity contribution in [3.63, 3.8) is 0 Å². The molecule has 0 bridgehead atoms. The minimum Gasteiger partial charge on any atom is -0.347 e. The van der Waals surface area contributed by atoms with Gasteiger partial charge in [0.05, 0.1) is 0 Å². The van der Waals surface area contributed by atoms with E-state index in [0.717, 1.165) is 11.1 Å². The van der Waals surface area contributed by atoms with Gasteiger partial charge in [0.25, 0.3) is 11.8 Å². The Balaban J connectivity index is 2.10. The molecule has 4 heteroatoms. The molecular formula is C24H32N2O2. The Kier molecular flexibility index (Phi) is 6.33. The van der Waals surface area contributed by atoms with Crippen molar-refractivity contribution in [3.05, 3.63) is 70.8 Å².